The summed E-state index contributed by atoms with van der Waals surface area (Å²) in [5, 5.41) is 3.47. The van der Waals surface area contributed by atoms with Crippen LogP contribution in [0.4, 0.5) is 0 Å². The summed E-state index contributed by atoms with van der Waals surface area (Å²) in [5.74, 6) is 0. The predicted octanol–water partition coefficient (Wildman–Crippen LogP) is 14.3. The predicted molar refractivity (Wildman–Crippen MR) is 253 cm³/mol. The van der Waals surface area contributed by atoms with E-state index in [4.69, 9.17) is 9.98 Å². The zero-order valence-electron chi connectivity index (χ0n) is 37.8. The zero-order valence-corrected chi connectivity index (χ0v) is 40.9. The van der Waals surface area contributed by atoms with Gasteiger partial charge in [-0.05, 0) is 145 Å². The van der Waals surface area contributed by atoms with Crippen molar-refractivity contribution in [1.82, 2.24) is 9.55 Å². The molecule has 0 radical (unpaired) electrons. The van der Waals surface area contributed by atoms with E-state index in [1.807, 2.05) is 18.0 Å². The van der Waals surface area contributed by atoms with Gasteiger partial charge in [-0.1, -0.05) is 113 Å². The Kier molecular flexibility index (Phi) is 10.2. The molecule has 0 spiro atoms. The van der Waals surface area contributed by atoms with E-state index in [0.717, 1.165) is 50.6 Å². The summed E-state index contributed by atoms with van der Waals surface area (Å²) in [6.07, 6.45) is 2.87. The molecular formula is C55H57N3PtS. The number of nitrogens with zero attached hydrogens (tertiary/aromatic N) is 3. The van der Waals surface area contributed by atoms with Gasteiger partial charge in [-0.3, -0.25) is 0 Å². The average Bonchev–Trinajstić information content (AvgIpc) is 3.71. The summed E-state index contributed by atoms with van der Waals surface area (Å²) in [6, 6.07) is 35.8. The van der Waals surface area contributed by atoms with Crippen molar-refractivity contribution in [3.63, 3.8) is 0 Å². The SMILES string of the molecule is Cc1cc(C)c(-c2cc(C3=N[C@]4(C)Cc5cc(C)c(C)cc5[C@]4(C(C)(C)C)S3)[c-]c(-n3c4[c-]c(-c5cc(C(C)(C)C)ccn5)c(C)cc4c4cc(C)ccc43)c2)c(C)c1.[Pt+2]. The van der Waals surface area contributed by atoms with E-state index in [2.05, 4.69) is 186 Å². The van der Waals surface area contributed by atoms with Crippen molar-refractivity contribution in [3.8, 4) is 28.1 Å². The Hall–Kier alpha value is -4.24. The first-order valence-electron chi connectivity index (χ1n) is 21.2. The number of fused-ring (bicyclic) bond motifs is 6. The minimum Gasteiger partial charge on any atom is -0.346 e. The molecule has 0 fully saturated rings. The van der Waals surface area contributed by atoms with Crippen LogP contribution in [-0.4, -0.2) is 20.1 Å². The topological polar surface area (TPSA) is 30.2 Å². The molecular weight excluding hydrogens is 930 g/mol. The Bertz CT molecular complexity index is 2930. The Balaban J connectivity index is 0.00000499. The molecule has 2 atom stereocenters. The van der Waals surface area contributed by atoms with E-state index in [-0.39, 0.29) is 42.2 Å². The van der Waals surface area contributed by atoms with E-state index < -0.39 is 0 Å². The van der Waals surface area contributed by atoms with Crippen LogP contribution in [-0.2, 0) is 37.6 Å². The van der Waals surface area contributed by atoms with Crippen molar-refractivity contribution >= 4 is 38.6 Å². The third-order valence-electron chi connectivity index (χ3n) is 13.4. The van der Waals surface area contributed by atoms with Gasteiger partial charge in [-0.2, -0.15) is 0 Å². The Morgan fingerprint density at radius 2 is 1.40 bits per heavy atom. The van der Waals surface area contributed by atoms with Crippen LogP contribution in [0.1, 0.15) is 110 Å². The van der Waals surface area contributed by atoms with E-state index in [0.29, 0.717) is 0 Å². The zero-order chi connectivity index (χ0) is 42.1. The Labute approximate surface area is 376 Å². The molecule has 0 saturated heterocycles. The second-order valence-electron chi connectivity index (χ2n) is 20.1. The first-order valence-corrected chi connectivity index (χ1v) is 22.0. The summed E-state index contributed by atoms with van der Waals surface area (Å²) < 4.78 is 2.16. The Morgan fingerprint density at radius 1 is 0.700 bits per heavy atom. The molecule has 308 valence electrons. The number of rotatable bonds is 4. The number of hydrogen-bond acceptors (Lipinski definition) is 3. The number of benzene rings is 5. The van der Waals surface area contributed by atoms with E-state index in [9.17, 15) is 0 Å². The van der Waals surface area contributed by atoms with Crippen LogP contribution in [0.3, 0.4) is 0 Å². The maximum Gasteiger partial charge on any atom is 2.00 e. The minimum absolute atomic E-state index is 0. The molecule has 0 amide bonds. The van der Waals surface area contributed by atoms with Crippen LogP contribution in [0.25, 0.3) is 49.9 Å². The summed E-state index contributed by atoms with van der Waals surface area (Å²) in [4.78, 5) is 10.8. The average molecular weight is 987 g/mol. The van der Waals surface area contributed by atoms with Gasteiger partial charge in [0.2, 0.25) is 0 Å². The number of pyridine rings is 1. The third kappa shape index (κ3) is 6.50. The largest absolute Gasteiger partial charge is 2.00 e. The van der Waals surface area contributed by atoms with Crippen molar-refractivity contribution in [2.45, 2.75) is 119 Å². The van der Waals surface area contributed by atoms with Crippen LogP contribution in [0.15, 0.2) is 84.0 Å². The van der Waals surface area contributed by atoms with Crippen LogP contribution < -0.4 is 0 Å². The first kappa shape index (κ1) is 42.4. The van der Waals surface area contributed by atoms with E-state index >= 15 is 0 Å². The smallest absolute Gasteiger partial charge is 0.346 e. The quantitative estimate of drug-likeness (QED) is 0.165. The fourth-order valence-corrected chi connectivity index (χ4v) is 12.3. The van der Waals surface area contributed by atoms with Crippen LogP contribution in [0, 0.1) is 66.0 Å². The van der Waals surface area contributed by atoms with Crippen LogP contribution >= 0.6 is 11.8 Å². The molecule has 9 rings (SSSR count). The van der Waals surface area contributed by atoms with Crippen molar-refractivity contribution in [2.24, 2.45) is 10.4 Å². The summed E-state index contributed by atoms with van der Waals surface area (Å²) >= 11 is 1.97. The molecule has 0 saturated carbocycles. The normalized spacial score (nSPS) is 18.8. The first-order chi connectivity index (χ1) is 27.7. The van der Waals surface area contributed by atoms with E-state index in [1.165, 1.54) is 72.0 Å². The fourth-order valence-electron chi connectivity index (χ4n) is 10.6. The standard InChI is InChI=1S/C55H57N3S.Pt/c1-31-15-16-48-44(21-31)45-23-35(5)43(47-28-41(17-18-56-47)52(8,9)10)29-49(45)58(48)42-26-38(50-36(6)19-32(2)20-37(50)7)25-39(27-42)51-57-54(14)30-40-22-33(3)34(4)24-46(40)55(54,59-51)53(11,12)13;/h15-26,28H,30H2,1-14H3;/q-2;+2/t54-,55-;/m1./s1. The minimum atomic E-state index is -0.313. The third-order valence-corrected chi connectivity index (χ3v) is 15.5. The molecule has 7 aromatic rings. The van der Waals surface area contributed by atoms with Gasteiger partial charge in [0, 0.05) is 16.8 Å². The molecule has 0 unspecified atom stereocenters. The summed E-state index contributed by atoms with van der Waals surface area (Å²) in [5.41, 5.74) is 21.3. The van der Waals surface area contributed by atoms with Gasteiger partial charge in [-0.15, -0.1) is 58.8 Å². The molecule has 0 bridgehead atoms. The molecule has 1 aliphatic carbocycles. The second-order valence-corrected chi connectivity index (χ2v) is 21.3. The van der Waals surface area contributed by atoms with Crippen molar-refractivity contribution in [2.75, 3.05) is 0 Å². The van der Waals surface area contributed by atoms with Crippen molar-refractivity contribution in [1.29, 1.82) is 0 Å². The van der Waals surface area contributed by atoms with Gasteiger partial charge in [0.05, 0.1) is 10.3 Å². The van der Waals surface area contributed by atoms with Gasteiger partial charge in [-0.25, -0.2) is 0 Å². The number of thioether (sulfide) groups is 1. The maximum atomic E-state index is 5.83. The number of aliphatic imine (C=N–C) groups is 1. The monoisotopic (exact) mass is 986 g/mol. The molecule has 0 N–H and O–H groups in total. The molecule has 3 heterocycles. The fraction of sp³-hybridized carbons (Fsp3) is 0.345. The van der Waals surface area contributed by atoms with Gasteiger partial charge >= 0.3 is 21.1 Å². The molecule has 3 nitrogen and oxygen atoms in total. The molecule has 5 heteroatoms. The molecule has 1 aliphatic heterocycles. The van der Waals surface area contributed by atoms with Crippen LogP contribution in [0.2, 0.25) is 0 Å². The van der Waals surface area contributed by atoms with E-state index in [1.54, 1.807) is 0 Å². The molecule has 2 aromatic heterocycles. The van der Waals surface area contributed by atoms with Gasteiger partial charge in [0.25, 0.3) is 0 Å². The molecule has 5 aromatic carbocycles. The number of aromatic nitrogens is 2. The number of hydrogen-bond donors (Lipinski definition) is 0. The summed E-state index contributed by atoms with van der Waals surface area (Å²) in [7, 11) is 0. The maximum absolute atomic E-state index is 5.83. The van der Waals surface area contributed by atoms with Gasteiger partial charge in [0.15, 0.2) is 0 Å². The molecule has 60 heavy (non-hydrogen) atoms. The van der Waals surface area contributed by atoms with Gasteiger partial charge < -0.3 is 14.5 Å². The van der Waals surface area contributed by atoms with Crippen molar-refractivity contribution < 1.29 is 21.1 Å². The Morgan fingerprint density at radius 3 is 2.08 bits per heavy atom. The molecule has 2 aliphatic rings. The number of aryl methyl sites for hydroxylation is 7. The van der Waals surface area contributed by atoms with Crippen molar-refractivity contribution in [3.05, 3.63) is 152 Å². The van der Waals surface area contributed by atoms with Crippen LogP contribution in [0.5, 0.6) is 0 Å². The van der Waals surface area contributed by atoms with Gasteiger partial charge in [0.1, 0.15) is 0 Å². The second kappa shape index (κ2) is 14.4. The summed E-state index contributed by atoms with van der Waals surface area (Å²) in [6.45, 7) is 32.0.